The molecule has 0 atom stereocenters. The SMILES string of the molecule is CCc1cc2c(=O)c(Oc3ccccc3)c(C(F)(F)F)oc2cc1OC(=O)c1ccccc1Cl. The van der Waals surface area contributed by atoms with Gasteiger partial charge in [-0.15, -0.1) is 0 Å². The Labute approximate surface area is 196 Å². The van der Waals surface area contributed by atoms with Gasteiger partial charge in [0.2, 0.25) is 11.2 Å². The third-order valence-electron chi connectivity index (χ3n) is 4.93. The van der Waals surface area contributed by atoms with Gasteiger partial charge in [-0.3, -0.25) is 4.79 Å². The zero-order valence-corrected chi connectivity index (χ0v) is 18.4. The Hall–Kier alpha value is -3.78. The summed E-state index contributed by atoms with van der Waals surface area (Å²) in [5, 5.41) is 0.00764. The number of fused-ring (bicyclic) bond motifs is 1. The van der Waals surface area contributed by atoms with E-state index in [-0.39, 0.29) is 27.5 Å². The minimum atomic E-state index is -5.02. The fraction of sp³-hybridized carbons (Fsp3) is 0.120. The molecular weight excluding hydrogens is 473 g/mol. The molecule has 0 saturated heterocycles. The van der Waals surface area contributed by atoms with E-state index in [1.165, 1.54) is 30.3 Å². The highest BCUT2D eigenvalue weighted by Gasteiger charge is 2.40. The van der Waals surface area contributed by atoms with Crippen molar-refractivity contribution in [1.29, 1.82) is 0 Å². The number of halogens is 4. The van der Waals surface area contributed by atoms with Gasteiger partial charge in [0.05, 0.1) is 16.0 Å². The average molecular weight is 489 g/mol. The second-order valence-corrected chi connectivity index (χ2v) is 7.59. The van der Waals surface area contributed by atoms with Crippen LogP contribution in [0, 0.1) is 0 Å². The van der Waals surface area contributed by atoms with Crippen LogP contribution in [-0.4, -0.2) is 5.97 Å². The summed E-state index contributed by atoms with van der Waals surface area (Å²) in [5.74, 6) is -3.38. The first-order valence-corrected chi connectivity index (χ1v) is 10.5. The topological polar surface area (TPSA) is 65.7 Å². The van der Waals surface area contributed by atoms with Gasteiger partial charge < -0.3 is 13.9 Å². The number of benzene rings is 3. The molecule has 0 aliphatic carbocycles. The summed E-state index contributed by atoms with van der Waals surface area (Å²) < 4.78 is 57.1. The van der Waals surface area contributed by atoms with Gasteiger partial charge in [0, 0.05) is 6.07 Å². The lowest BCUT2D eigenvalue weighted by Gasteiger charge is -2.15. The molecule has 0 spiro atoms. The van der Waals surface area contributed by atoms with E-state index in [0.717, 1.165) is 6.07 Å². The maximum atomic E-state index is 13.8. The predicted molar refractivity (Wildman–Crippen MR) is 120 cm³/mol. The lowest BCUT2D eigenvalue weighted by atomic mass is 10.1. The van der Waals surface area contributed by atoms with Crippen LogP contribution in [0.1, 0.15) is 28.6 Å². The second-order valence-electron chi connectivity index (χ2n) is 7.18. The molecule has 0 aliphatic heterocycles. The lowest BCUT2D eigenvalue weighted by Crippen LogP contribution is -2.16. The van der Waals surface area contributed by atoms with Gasteiger partial charge in [-0.05, 0) is 42.3 Å². The molecule has 0 bridgehead atoms. The predicted octanol–water partition coefficient (Wildman–Crippen LogP) is 7.04. The van der Waals surface area contributed by atoms with Crippen molar-refractivity contribution in [2.45, 2.75) is 19.5 Å². The molecule has 0 unspecified atom stereocenters. The van der Waals surface area contributed by atoms with Gasteiger partial charge in [-0.25, -0.2) is 4.79 Å². The van der Waals surface area contributed by atoms with Crippen LogP contribution < -0.4 is 14.9 Å². The summed E-state index contributed by atoms with van der Waals surface area (Å²) in [6.07, 6.45) is -4.70. The van der Waals surface area contributed by atoms with Crippen molar-refractivity contribution >= 4 is 28.5 Å². The molecule has 9 heteroatoms. The van der Waals surface area contributed by atoms with Crippen LogP contribution in [0.2, 0.25) is 5.02 Å². The number of rotatable bonds is 5. The van der Waals surface area contributed by atoms with Gasteiger partial charge >= 0.3 is 12.1 Å². The van der Waals surface area contributed by atoms with Crippen LogP contribution >= 0.6 is 11.6 Å². The van der Waals surface area contributed by atoms with E-state index in [2.05, 4.69) is 0 Å². The van der Waals surface area contributed by atoms with Crippen LogP contribution in [0.4, 0.5) is 13.2 Å². The summed E-state index contributed by atoms with van der Waals surface area (Å²) in [5.41, 5.74) is -0.922. The Morgan fingerprint density at radius 3 is 2.35 bits per heavy atom. The first kappa shape index (κ1) is 23.4. The maximum Gasteiger partial charge on any atom is 0.453 e. The summed E-state index contributed by atoms with van der Waals surface area (Å²) in [7, 11) is 0. The number of aryl methyl sites for hydroxylation is 1. The third-order valence-corrected chi connectivity index (χ3v) is 5.26. The number of carbonyl (C=O) groups excluding carboxylic acids is 1. The van der Waals surface area contributed by atoms with Gasteiger partial charge in [0.25, 0.3) is 5.76 Å². The van der Waals surface area contributed by atoms with E-state index in [1.54, 1.807) is 37.3 Å². The summed E-state index contributed by atoms with van der Waals surface area (Å²) in [6, 6.07) is 16.2. The van der Waals surface area contributed by atoms with Crippen LogP contribution in [0.5, 0.6) is 17.2 Å². The number of para-hydroxylation sites is 1. The van der Waals surface area contributed by atoms with Gasteiger partial charge in [0.1, 0.15) is 17.1 Å². The molecular formula is C25H16ClF3O5. The van der Waals surface area contributed by atoms with Crippen molar-refractivity contribution in [3.8, 4) is 17.2 Å². The van der Waals surface area contributed by atoms with Crippen molar-refractivity contribution in [3.63, 3.8) is 0 Å². The highest BCUT2D eigenvalue weighted by Crippen LogP contribution is 2.39. The number of hydrogen-bond donors (Lipinski definition) is 0. The van der Waals surface area contributed by atoms with E-state index < -0.39 is 34.7 Å². The Kier molecular flexibility index (Phi) is 6.34. The molecule has 0 radical (unpaired) electrons. The van der Waals surface area contributed by atoms with Gasteiger partial charge in [0.15, 0.2) is 0 Å². The Morgan fingerprint density at radius 1 is 1.03 bits per heavy atom. The number of carbonyl (C=O) groups is 1. The molecule has 5 nitrogen and oxygen atoms in total. The van der Waals surface area contributed by atoms with Gasteiger partial charge in [-0.1, -0.05) is 48.9 Å². The maximum absolute atomic E-state index is 13.8. The molecule has 174 valence electrons. The molecule has 1 heterocycles. The van der Waals surface area contributed by atoms with Crippen molar-refractivity contribution in [1.82, 2.24) is 0 Å². The second kappa shape index (κ2) is 9.23. The fourth-order valence-corrected chi connectivity index (χ4v) is 3.50. The molecule has 0 N–H and O–H groups in total. The number of esters is 1. The Morgan fingerprint density at radius 2 is 1.71 bits per heavy atom. The molecule has 0 amide bonds. The van der Waals surface area contributed by atoms with Crippen LogP contribution in [-0.2, 0) is 12.6 Å². The van der Waals surface area contributed by atoms with E-state index in [0.29, 0.717) is 12.0 Å². The molecule has 1 aromatic heterocycles. The zero-order valence-electron chi connectivity index (χ0n) is 17.6. The van der Waals surface area contributed by atoms with E-state index >= 15 is 0 Å². The van der Waals surface area contributed by atoms with Crippen LogP contribution in [0.25, 0.3) is 11.0 Å². The first-order chi connectivity index (χ1) is 16.2. The largest absolute Gasteiger partial charge is 0.453 e. The fourth-order valence-electron chi connectivity index (χ4n) is 3.29. The highest BCUT2D eigenvalue weighted by molar-refractivity contribution is 6.33. The quantitative estimate of drug-likeness (QED) is 0.223. The molecule has 0 aliphatic rings. The molecule has 4 aromatic rings. The minimum absolute atomic E-state index is 0.0423. The minimum Gasteiger partial charge on any atom is -0.449 e. The van der Waals surface area contributed by atoms with Crippen molar-refractivity contribution < 1.29 is 31.9 Å². The van der Waals surface area contributed by atoms with Gasteiger partial charge in [-0.2, -0.15) is 13.2 Å². The average Bonchev–Trinajstić information content (AvgIpc) is 2.80. The molecule has 34 heavy (non-hydrogen) atoms. The van der Waals surface area contributed by atoms with Crippen molar-refractivity contribution in [2.75, 3.05) is 0 Å². The molecule has 0 fully saturated rings. The van der Waals surface area contributed by atoms with Crippen LogP contribution in [0.15, 0.2) is 75.9 Å². The summed E-state index contributed by atoms with van der Waals surface area (Å²) >= 11 is 6.03. The number of hydrogen-bond acceptors (Lipinski definition) is 5. The Bertz CT molecular complexity index is 1430. The smallest absolute Gasteiger partial charge is 0.449 e. The third kappa shape index (κ3) is 4.63. The van der Waals surface area contributed by atoms with Crippen molar-refractivity contribution in [2.24, 2.45) is 0 Å². The monoisotopic (exact) mass is 488 g/mol. The highest BCUT2D eigenvalue weighted by atomic mass is 35.5. The summed E-state index contributed by atoms with van der Waals surface area (Å²) in [4.78, 5) is 25.6. The lowest BCUT2D eigenvalue weighted by molar-refractivity contribution is -0.154. The molecule has 3 aromatic carbocycles. The Balaban J connectivity index is 1.85. The van der Waals surface area contributed by atoms with E-state index in [4.69, 9.17) is 25.5 Å². The van der Waals surface area contributed by atoms with Crippen molar-refractivity contribution in [3.05, 3.63) is 98.9 Å². The molecule has 4 rings (SSSR count). The van der Waals surface area contributed by atoms with E-state index in [1.807, 2.05) is 0 Å². The number of ether oxygens (including phenoxy) is 2. The standard InChI is InChI=1S/C25H16ClF3O5/c1-2-14-12-17-20(13-19(14)34-24(31)16-10-6-7-11-18(16)26)33-23(25(27,28)29)22(21(17)30)32-15-8-4-3-5-9-15/h3-13H,2H2,1H3. The molecule has 0 saturated carbocycles. The number of alkyl halides is 3. The zero-order chi connectivity index (χ0) is 24.5. The first-order valence-electron chi connectivity index (χ1n) is 10.1. The van der Waals surface area contributed by atoms with Crippen LogP contribution in [0.3, 0.4) is 0 Å². The van der Waals surface area contributed by atoms with E-state index in [9.17, 15) is 22.8 Å². The normalized spacial score (nSPS) is 11.4. The summed E-state index contributed by atoms with van der Waals surface area (Å²) in [6.45, 7) is 1.74.